The molecule has 1 saturated carbocycles. The standard InChI is InChI=1S/C22H23N5O4/c28-20(26-11-13-27(14-12-26)21(29)22(30)9-10-22)18-7-3-16(4-8-18)15-1-5-17(6-2-15)19-23-25-31-24-19/h1-8,21,29-30H,9-14H2. The Hall–Kier alpha value is -3.14. The summed E-state index contributed by atoms with van der Waals surface area (Å²) in [4.78, 5) is 16.5. The van der Waals surface area contributed by atoms with Crippen molar-refractivity contribution in [3.8, 4) is 22.5 Å². The van der Waals surface area contributed by atoms with E-state index >= 15 is 0 Å². The van der Waals surface area contributed by atoms with E-state index in [-0.39, 0.29) is 5.91 Å². The zero-order valence-corrected chi connectivity index (χ0v) is 16.9. The normalized spacial score (nSPS) is 19.2. The number of aliphatic hydroxyl groups excluding tert-OH is 1. The topological polar surface area (TPSA) is 116 Å². The molecule has 9 nitrogen and oxygen atoms in total. The van der Waals surface area contributed by atoms with Crippen LogP contribution in [0.25, 0.3) is 22.5 Å². The third-order valence-corrected chi connectivity index (χ3v) is 6.10. The summed E-state index contributed by atoms with van der Waals surface area (Å²) in [6.45, 7) is 2.16. The number of carbonyl (C=O) groups excluding carboxylic acids is 1. The van der Waals surface area contributed by atoms with E-state index in [1.165, 1.54) is 0 Å². The van der Waals surface area contributed by atoms with E-state index in [2.05, 4.69) is 20.2 Å². The maximum absolute atomic E-state index is 12.9. The number of piperazine rings is 1. The van der Waals surface area contributed by atoms with Crippen molar-refractivity contribution in [1.82, 2.24) is 25.3 Å². The van der Waals surface area contributed by atoms with E-state index in [1.807, 2.05) is 53.4 Å². The summed E-state index contributed by atoms with van der Waals surface area (Å²) in [7, 11) is 0. The second-order valence-corrected chi connectivity index (χ2v) is 8.14. The molecule has 5 rings (SSSR count). The van der Waals surface area contributed by atoms with Crippen LogP contribution in [0.1, 0.15) is 23.2 Å². The minimum Gasteiger partial charge on any atom is -0.386 e. The van der Waals surface area contributed by atoms with Gasteiger partial charge in [-0.25, -0.2) is 4.63 Å². The van der Waals surface area contributed by atoms with Gasteiger partial charge in [-0.05, 0) is 41.3 Å². The Kier molecular flexibility index (Phi) is 5.01. The average Bonchev–Trinajstić information content (AvgIpc) is 3.34. The van der Waals surface area contributed by atoms with Gasteiger partial charge in [-0.1, -0.05) is 41.5 Å². The third kappa shape index (κ3) is 3.95. The molecular formula is C22H23N5O4. The largest absolute Gasteiger partial charge is 0.386 e. The first-order valence-electron chi connectivity index (χ1n) is 10.3. The first-order chi connectivity index (χ1) is 15.0. The van der Waals surface area contributed by atoms with Crippen LogP contribution in [0.3, 0.4) is 0 Å². The molecule has 1 unspecified atom stereocenters. The molecule has 2 heterocycles. The first kappa shape index (κ1) is 19.8. The van der Waals surface area contributed by atoms with E-state index in [4.69, 9.17) is 0 Å². The monoisotopic (exact) mass is 421 g/mol. The maximum atomic E-state index is 12.9. The predicted octanol–water partition coefficient (Wildman–Crippen LogP) is 1.40. The van der Waals surface area contributed by atoms with Crippen molar-refractivity contribution in [1.29, 1.82) is 0 Å². The van der Waals surface area contributed by atoms with Crippen LogP contribution < -0.4 is 0 Å². The van der Waals surface area contributed by atoms with Crippen molar-refractivity contribution in [2.45, 2.75) is 24.7 Å². The summed E-state index contributed by atoms with van der Waals surface area (Å²) in [5.41, 5.74) is 2.51. The van der Waals surface area contributed by atoms with Gasteiger partial charge in [0.15, 0.2) is 0 Å². The van der Waals surface area contributed by atoms with Crippen LogP contribution in [-0.2, 0) is 0 Å². The summed E-state index contributed by atoms with van der Waals surface area (Å²) < 4.78 is 4.53. The van der Waals surface area contributed by atoms with Crippen molar-refractivity contribution in [2.75, 3.05) is 26.2 Å². The van der Waals surface area contributed by atoms with Crippen molar-refractivity contribution in [3.63, 3.8) is 0 Å². The van der Waals surface area contributed by atoms with Crippen LogP contribution in [0.15, 0.2) is 53.2 Å². The van der Waals surface area contributed by atoms with Crippen molar-refractivity contribution in [3.05, 3.63) is 54.1 Å². The highest BCUT2D eigenvalue weighted by molar-refractivity contribution is 5.94. The number of amides is 1. The lowest BCUT2D eigenvalue weighted by atomic mass is 10.0. The fourth-order valence-corrected chi connectivity index (χ4v) is 3.94. The van der Waals surface area contributed by atoms with Gasteiger partial charge in [0, 0.05) is 37.3 Å². The van der Waals surface area contributed by atoms with Crippen LogP contribution in [0.5, 0.6) is 0 Å². The number of nitrogens with zero attached hydrogens (tertiary/aromatic N) is 5. The number of benzene rings is 2. The van der Waals surface area contributed by atoms with Crippen LogP contribution in [0.2, 0.25) is 0 Å². The van der Waals surface area contributed by atoms with Gasteiger partial charge in [0.2, 0.25) is 5.82 Å². The zero-order valence-electron chi connectivity index (χ0n) is 16.9. The lowest BCUT2D eigenvalue weighted by Gasteiger charge is -2.38. The second kappa shape index (κ2) is 7.84. The molecule has 31 heavy (non-hydrogen) atoms. The number of aliphatic hydroxyl groups is 2. The smallest absolute Gasteiger partial charge is 0.253 e. The molecule has 2 aromatic carbocycles. The third-order valence-electron chi connectivity index (χ3n) is 6.10. The van der Waals surface area contributed by atoms with E-state index in [0.717, 1.165) is 16.7 Å². The highest BCUT2D eigenvalue weighted by atomic mass is 16.6. The second-order valence-electron chi connectivity index (χ2n) is 8.14. The van der Waals surface area contributed by atoms with E-state index < -0.39 is 11.8 Å². The summed E-state index contributed by atoms with van der Waals surface area (Å²) in [5, 5.41) is 31.3. The van der Waals surface area contributed by atoms with Gasteiger partial charge in [0.1, 0.15) is 11.8 Å². The molecule has 1 aliphatic carbocycles. The summed E-state index contributed by atoms with van der Waals surface area (Å²) in [6, 6.07) is 15.2. The number of rotatable bonds is 5. The highest BCUT2D eigenvalue weighted by Gasteiger charge is 2.50. The minimum atomic E-state index is -0.956. The average molecular weight is 421 g/mol. The lowest BCUT2D eigenvalue weighted by Crippen LogP contribution is -2.55. The molecule has 1 aliphatic heterocycles. The lowest BCUT2D eigenvalue weighted by molar-refractivity contribution is -0.108. The Morgan fingerprint density at radius 2 is 1.52 bits per heavy atom. The van der Waals surface area contributed by atoms with E-state index in [9.17, 15) is 15.0 Å². The quantitative estimate of drug-likeness (QED) is 0.635. The number of carbonyl (C=O) groups is 1. The van der Waals surface area contributed by atoms with Gasteiger partial charge in [-0.3, -0.25) is 9.69 Å². The van der Waals surface area contributed by atoms with Crippen LogP contribution in [0, 0.1) is 0 Å². The summed E-state index contributed by atoms with van der Waals surface area (Å²) in [6.07, 6.45) is 0.430. The molecule has 2 fully saturated rings. The molecule has 1 saturated heterocycles. The van der Waals surface area contributed by atoms with Crippen molar-refractivity contribution in [2.24, 2.45) is 0 Å². The van der Waals surface area contributed by atoms with Gasteiger partial charge in [-0.15, -0.1) is 0 Å². The number of hydrogen-bond donors (Lipinski definition) is 2. The number of aromatic nitrogens is 3. The number of hydrogen-bond acceptors (Lipinski definition) is 8. The SMILES string of the molecule is O=C(c1ccc(-c2ccc(-c3nnon3)cc2)cc1)N1CCN(C(O)C2(O)CC2)CC1. The molecule has 0 bridgehead atoms. The fourth-order valence-electron chi connectivity index (χ4n) is 3.94. The predicted molar refractivity (Wildman–Crippen MR) is 111 cm³/mol. The van der Waals surface area contributed by atoms with Gasteiger partial charge >= 0.3 is 0 Å². The molecule has 160 valence electrons. The zero-order chi connectivity index (χ0) is 21.4. The Balaban J connectivity index is 1.21. The van der Waals surface area contributed by atoms with E-state index in [0.29, 0.717) is 50.4 Å². The van der Waals surface area contributed by atoms with Crippen LogP contribution >= 0.6 is 0 Å². The molecule has 0 spiro atoms. The molecule has 2 aliphatic rings. The molecule has 3 aromatic rings. The fraction of sp³-hybridized carbons (Fsp3) is 0.364. The first-order valence-corrected chi connectivity index (χ1v) is 10.3. The Bertz CT molecular complexity index is 1040. The summed E-state index contributed by atoms with van der Waals surface area (Å²) >= 11 is 0. The van der Waals surface area contributed by atoms with Gasteiger partial charge in [-0.2, -0.15) is 0 Å². The van der Waals surface area contributed by atoms with Gasteiger partial charge in [0.25, 0.3) is 5.91 Å². The minimum absolute atomic E-state index is 0.0224. The molecule has 1 amide bonds. The molecular weight excluding hydrogens is 398 g/mol. The van der Waals surface area contributed by atoms with Crippen LogP contribution in [0.4, 0.5) is 0 Å². The maximum Gasteiger partial charge on any atom is 0.253 e. The Morgan fingerprint density at radius 1 is 0.935 bits per heavy atom. The summed E-state index contributed by atoms with van der Waals surface area (Å²) in [5.74, 6) is 0.414. The van der Waals surface area contributed by atoms with Crippen LogP contribution in [-0.4, -0.2) is 79.5 Å². The Morgan fingerprint density at radius 3 is 2.06 bits per heavy atom. The molecule has 1 aromatic heterocycles. The van der Waals surface area contributed by atoms with Gasteiger partial charge < -0.3 is 15.1 Å². The molecule has 9 heteroatoms. The Labute approximate surface area is 178 Å². The highest BCUT2D eigenvalue weighted by Crippen LogP contribution is 2.39. The van der Waals surface area contributed by atoms with Gasteiger partial charge in [0.05, 0.1) is 5.27 Å². The van der Waals surface area contributed by atoms with Crippen molar-refractivity contribution >= 4 is 5.91 Å². The van der Waals surface area contributed by atoms with E-state index in [1.54, 1.807) is 4.90 Å². The van der Waals surface area contributed by atoms with Crippen molar-refractivity contribution < 1.29 is 19.6 Å². The molecule has 2 N–H and O–H groups in total. The molecule has 0 radical (unpaired) electrons. The molecule has 1 atom stereocenters.